The summed E-state index contributed by atoms with van der Waals surface area (Å²) in [4.78, 5) is 4.16. The zero-order valence-corrected chi connectivity index (χ0v) is 9.03. The first-order valence-electron chi connectivity index (χ1n) is 4.61. The van der Waals surface area contributed by atoms with E-state index in [2.05, 4.69) is 15.2 Å². The topological polar surface area (TPSA) is 51.8 Å². The van der Waals surface area contributed by atoms with Gasteiger partial charge in [0.1, 0.15) is 0 Å². The Morgan fingerprint density at radius 3 is 2.87 bits per heavy atom. The highest BCUT2D eigenvalue weighted by Gasteiger charge is 2.07. The number of alkyl halides is 1. The minimum absolute atomic E-state index is 0.480. The molecule has 0 aliphatic heterocycles. The van der Waals surface area contributed by atoms with Gasteiger partial charge in [-0.2, -0.15) is 0 Å². The van der Waals surface area contributed by atoms with E-state index in [4.69, 9.17) is 16.0 Å². The van der Waals surface area contributed by atoms with Crippen LogP contribution in [0.5, 0.6) is 0 Å². The van der Waals surface area contributed by atoms with Crippen LogP contribution < -0.4 is 0 Å². The van der Waals surface area contributed by atoms with Gasteiger partial charge < -0.3 is 4.42 Å². The monoisotopic (exact) mass is 223 g/mol. The molecule has 0 bridgehead atoms. The third-order valence-corrected chi connectivity index (χ3v) is 2.12. The predicted octanol–water partition coefficient (Wildman–Crippen LogP) is 2.22. The molecule has 0 N–H and O–H groups in total. The molecule has 0 radical (unpaired) electrons. The van der Waals surface area contributed by atoms with E-state index >= 15 is 0 Å². The van der Waals surface area contributed by atoms with Crippen molar-refractivity contribution >= 4 is 11.6 Å². The molecule has 0 aliphatic rings. The predicted molar refractivity (Wildman–Crippen MR) is 56.7 cm³/mol. The highest BCUT2D eigenvalue weighted by Crippen LogP contribution is 2.16. The largest absolute Gasteiger partial charge is 0.421 e. The summed E-state index contributed by atoms with van der Waals surface area (Å²) in [5.41, 5.74) is 1.79. The Balaban J connectivity index is 2.25. The Kier molecular flexibility index (Phi) is 2.97. The van der Waals surface area contributed by atoms with Crippen LogP contribution in [0.1, 0.15) is 11.6 Å². The Morgan fingerprint density at radius 1 is 1.33 bits per heavy atom. The fourth-order valence-corrected chi connectivity index (χ4v) is 1.31. The number of hydrogen-bond donors (Lipinski definition) is 0. The van der Waals surface area contributed by atoms with Crippen molar-refractivity contribution in [2.24, 2.45) is 0 Å². The van der Waals surface area contributed by atoms with Crippen LogP contribution in [0.2, 0.25) is 0 Å². The van der Waals surface area contributed by atoms with Gasteiger partial charge in [0.2, 0.25) is 11.8 Å². The number of nitrogens with zero attached hydrogens (tertiary/aromatic N) is 3. The summed E-state index contributed by atoms with van der Waals surface area (Å²) in [5.74, 6) is 1.52. The van der Waals surface area contributed by atoms with E-state index in [9.17, 15) is 0 Å². The molecule has 2 aromatic heterocycles. The Morgan fingerprint density at radius 2 is 2.20 bits per heavy atom. The lowest BCUT2D eigenvalue weighted by atomic mass is 10.2. The summed E-state index contributed by atoms with van der Waals surface area (Å²) in [6, 6.07) is 3.81. The summed E-state index contributed by atoms with van der Waals surface area (Å²) in [7, 11) is 0. The number of aromatic nitrogens is 3. The molecule has 15 heavy (non-hydrogen) atoms. The van der Waals surface area contributed by atoms with Crippen LogP contribution in [0.4, 0.5) is 0 Å². The summed E-state index contributed by atoms with van der Waals surface area (Å²) < 4.78 is 5.40. The van der Waals surface area contributed by atoms with E-state index in [1.807, 2.05) is 19.1 Å². The highest BCUT2D eigenvalue weighted by atomic mass is 35.5. The minimum atomic E-state index is 0.480. The zero-order valence-electron chi connectivity index (χ0n) is 8.27. The van der Waals surface area contributed by atoms with Gasteiger partial charge in [-0.05, 0) is 19.1 Å². The standard InChI is InChI=1S/C10H10ClN3O/c1-7-2-3-8(6-12-7)10-14-13-9(15-10)4-5-11/h2-3,6H,4-5H2,1H3. The third-order valence-electron chi connectivity index (χ3n) is 1.93. The number of rotatable bonds is 3. The van der Waals surface area contributed by atoms with E-state index < -0.39 is 0 Å². The molecule has 5 heteroatoms. The fourth-order valence-electron chi connectivity index (χ4n) is 1.15. The van der Waals surface area contributed by atoms with Gasteiger partial charge in [-0.1, -0.05) is 0 Å². The maximum atomic E-state index is 5.57. The third kappa shape index (κ3) is 2.33. The second-order valence-corrected chi connectivity index (χ2v) is 3.51. The number of aryl methyl sites for hydroxylation is 2. The number of hydrogen-bond acceptors (Lipinski definition) is 4. The Hall–Kier alpha value is -1.42. The van der Waals surface area contributed by atoms with Crippen molar-refractivity contribution in [3.05, 3.63) is 29.9 Å². The molecule has 0 saturated carbocycles. The molecule has 78 valence electrons. The molecule has 2 rings (SSSR count). The van der Waals surface area contributed by atoms with Crippen LogP contribution in [0.25, 0.3) is 11.5 Å². The second-order valence-electron chi connectivity index (χ2n) is 3.13. The lowest BCUT2D eigenvalue weighted by Gasteiger charge is -1.94. The van der Waals surface area contributed by atoms with Gasteiger partial charge in [-0.25, -0.2) is 0 Å². The van der Waals surface area contributed by atoms with E-state index in [-0.39, 0.29) is 0 Å². The fraction of sp³-hybridized carbons (Fsp3) is 0.300. The summed E-state index contributed by atoms with van der Waals surface area (Å²) in [5, 5.41) is 7.80. The molecule has 2 heterocycles. The molecule has 0 aliphatic carbocycles. The smallest absolute Gasteiger partial charge is 0.249 e. The maximum Gasteiger partial charge on any atom is 0.249 e. The summed E-state index contributed by atoms with van der Waals surface area (Å²) >= 11 is 5.57. The van der Waals surface area contributed by atoms with Gasteiger partial charge >= 0.3 is 0 Å². The highest BCUT2D eigenvalue weighted by molar-refractivity contribution is 6.17. The van der Waals surface area contributed by atoms with Crippen molar-refractivity contribution in [2.75, 3.05) is 5.88 Å². The summed E-state index contributed by atoms with van der Waals surface area (Å²) in [6.45, 7) is 1.93. The van der Waals surface area contributed by atoms with Crippen LogP contribution in [0.15, 0.2) is 22.7 Å². The van der Waals surface area contributed by atoms with Crippen molar-refractivity contribution in [3.63, 3.8) is 0 Å². The van der Waals surface area contributed by atoms with Crippen molar-refractivity contribution in [1.29, 1.82) is 0 Å². The quantitative estimate of drug-likeness (QED) is 0.749. The molecule has 0 amide bonds. The zero-order chi connectivity index (χ0) is 10.7. The average molecular weight is 224 g/mol. The van der Waals surface area contributed by atoms with Gasteiger partial charge in [0.15, 0.2) is 0 Å². The molecule has 0 aromatic carbocycles. The van der Waals surface area contributed by atoms with E-state index in [0.717, 1.165) is 11.3 Å². The molecular weight excluding hydrogens is 214 g/mol. The second kappa shape index (κ2) is 4.40. The lowest BCUT2D eigenvalue weighted by Crippen LogP contribution is -1.84. The number of pyridine rings is 1. The molecule has 0 unspecified atom stereocenters. The van der Waals surface area contributed by atoms with Gasteiger partial charge in [0.05, 0.1) is 5.56 Å². The SMILES string of the molecule is Cc1ccc(-c2nnc(CCCl)o2)cn1. The van der Waals surface area contributed by atoms with Crippen LogP contribution in [0.3, 0.4) is 0 Å². The maximum absolute atomic E-state index is 5.57. The van der Waals surface area contributed by atoms with Gasteiger partial charge in [-0.3, -0.25) is 4.98 Å². The molecule has 2 aromatic rings. The van der Waals surface area contributed by atoms with Gasteiger partial charge in [0.25, 0.3) is 0 Å². The first-order valence-corrected chi connectivity index (χ1v) is 5.14. The minimum Gasteiger partial charge on any atom is -0.421 e. The van der Waals surface area contributed by atoms with E-state index in [0.29, 0.717) is 24.1 Å². The van der Waals surface area contributed by atoms with Crippen molar-refractivity contribution in [1.82, 2.24) is 15.2 Å². The molecule has 0 saturated heterocycles. The van der Waals surface area contributed by atoms with Crippen LogP contribution >= 0.6 is 11.6 Å². The van der Waals surface area contributed by atoms with Crippen LogP contribution in [-0.4, -0.2) is 21.1 Å². The average Bonchev–Trinajstić information content (AvgIpc) is 2.68. The molecule has 0 spiro atoms. The molecular formula is C10H10ClN3O. The lowest BCUT2D eigenvalue weighted by molar-refractivity contribution is 0.513. The van der Waals surface area contributed by atoms with E-state index in [1.54, 1.807) is 6.20 Å². The van der Waals surface area contributed by atoms with Gasteiger partial charge in [-0.15, -0.1) is 21.8 Å². The van der Waals surface area contributed by atoms with Crippen molar-refractivity contribution in [2.45, 2.75) is 13.3 Å². The normalized spacial score (nSPS) is 10.5. The summed E-state index contributed by atoms with van der Waals surface area (Å²) in [6.07, 6.45) is 2.31. The van der Waals surface area contributed by atoms with Crippen LogP contribution in [-0.2, 0) is 6.42 Å². The van der Waals surface area contributed by atoms with Gasteiger partial charge in [0, 0.05) is 24.2 Å². The van der Waals surface area contributed by atoms with E-state index in [1.165, 1.54) is 0 Å². The molecule has 0 atom stereocenters. The molecule has 4 nitrogen and oxygen atoms in total. The first-order chi connectivity index (χ1) is 7.29. The Labute approximate surface area is 92.3 Å². The first kappa shape index (κ1) is 10.1. The number of halogens is 1. The Bertz CT molecular complexity index is 438. The van der Waals surface area contributed by atoms with Crippen molar-refractivity contribution < 1.29 is 4.42 Å². The molecule has 0 fully saturated rings. The van der Waals surface area contributed by atoms with Crippen molar-refractivity contribution in [3.8, 4) is 11.5 Å². The van der Waals surface area contributed by atoms with Crippen LogP contribution in [0, 0.1) is 6.92 Å².